The van der Waals surface area contributed by atoms with E-state index in [9.17, 15) is 17.6 Å². The van der Waals surface area contributed by atoms with Crippen LogP contribution in [0.4, 0.5) is 10.2 Å². The summed E-state index contributed by atoms with van der Waals surface area (Å²) in [5.41, 5.74) is -0.230. The van der Waals surface area contributed by atoms with Crippen LogP contribution in [-0.2, 0) is 10.0 Å². The van der Waals surface area contributed by atoms with E-state index in [1.807, 2.05) is 0 Å². The number of halogens is 2. The molecule has 0 bridgehead atoms. The molecule has 0 saturated heterocycles. The molecule has 1 aromatic heterocycles. The topological polar surface area (TPSA) is 96.4 Å². The Hall–Kier alpha value is -2.19. The molecule has 2 N–H and O–H groups in total. The van der Waals surface area contributed by atoms with E-state index >= 15 is 0 Å². The monoisotopic (exact) mass is 330 g/mol. The van der Waals surface area contributed by atoms with Crippen LogP contribution in [0.25, 0.3) is 0 Å². The van der Waals surface area contributed by atoms with E-state index in [-0.39, 0.29) is 16.4 Å². The van der Waals surface area contributed by atoms with E-state index in [1.165, 1.54) is 6.07 Å². The van der Waals surface area contributed by atoms with Crippen LogP contribution in [0, 0.1) is 5.82 Å². The van der Waals surface area contributed by atoms with Gasteiger partial charge in [-0.05, 0) is 30.3 Å². The summed E-state index contributed by atoms with van der Waals surface area (Å²) in [7, 11) is -4.14. The third-order valence-electron chi connectivity index (χ3n) is 2.43. The smallest absolute Gasteiger partial charge is 0.335 e. The Morgan fingerprint density at radius 3 is 2.57 bits per heavy atom. The van der Waals surface area contributed by atoms with Gasteiger partial charge in [0.15, 0.2) is 0 Å². The van der Waals surface area contributed by atoms with Crippen LogP contribution in [0.1, 0.15) is 10.4 Å². The van der Waals surface area contributed by atoms with E-state index in [4.69, 9.17) is 16.7 Å². The minimum Gasteiger partial charge on any atom is -0.478 e. The fourth-order valence-electron chi connectivity index (χ4n) is 1.47. The second-order valence-corrected chi connectivity index (χ2v) is 5.98. The predicted octanol–water partition coefficient (Wildman–Crippen LogP) is 2.37. The largest absolute Gasteiger partial charge is 0.478 e. The van der Waals surface area contributed by atoms with Crippen LogP contribution in [0.15, 0.2) is 41.4 Å². The molecule has 0 aliphatic carbocycles. The van der Waals surface area contributed by atoms with Crippen LogP contribution in [0.2, 0.25) is 5.02 Å². The summed E-state index contributed by atoms with van der Waals surface area (Å²) < 4.78 is 39.1. The van der Waals surface area contributed by atoms with E-state index in [2.05, 4.69) is 9.71 Å². The molecule has 0 aliphatic heterocycles. The van der Waals surface area contributed by atoms with E-state index in [0.717, 1.165) is 30.5 Å². The molecule has 2 aromatic rings. The summed E-state index contributed by atoms with van der Waals surface area (Å²) in [6.07, 6.45) is 0.840. The van der Waals surface area contributed by atoms with Crippen LogP contribution < -0.4 is 4.72 Å². The van der Waals surface area contributed by atoms with Crippen molar-refractivity contribution in [2.24, 2.45) is 0 Å². The molecule has 110 valence electrons. The molecule has 0 radical (unpaired) electrons. The van der Waals surface area contributed by atoms with E-state index in [1.54, 1.807) is 0 Å². The summed E-state index contributed by atoms with van der Waals surface area (Å²) in [5.74, 6) is -2.03. The zero-order valence-electron chi connectivity index (χ0n) is 10.2. The minimum atomic E-state index is -4.14. The first kappa shape index (κ1) is 15.2. The molecule has 0 aliphatic rings. The second kappa shape index (κ2) is 5.66. The highest BCUT2D eigenvalue weighted by Crippen LogP contribution is 2.24. The van der Waals surface area contributed by atoms with Crippen molar-refractivity contribution in [3.63, 3.8) is 0 Å². The maximum Gasteiger partial charge on any atom is 0.335 e. The number of nitrogens with zero attached hydrogens (tertiary/aromatic N) is 1. The molecule has 6 nitrogen and oxygen atoms in total. The number of sulfonamides is 1. The summed E-state index contributed by atoms with van der Waals surface area (Å²) >= 11 is 5.78. The highest BCUT2D eigenvalue weighted by atomic mass is 35.5. The second-order valence-electron chi connectivity index (χ2n) is 3.92. The van der Waals surface area contributed by atoms with E-state index < -0.39 is 26.7 Å². The van der Waals surface area contributed by atoms with Gasteiger partial charge in [0, 0.05) is 0 Å². The van der Waals surface area contributed by atoms with E-state index in [0.29, 0.717) is 0 Å². The standard InChI is InChI=1S/C12H8ClFN2O4S/c13-9-3-1-7(12(17)18)5-10(9)21(19,20)16-11-4-2-8(14)6-15-11/h1-6H,(H,15,16)(H,17,18). The SMILES string of the molecule is O=C(O)c1ccc(Cl)c(S(=O)(=O)Nc2ccc(F)cn2)c1. The first-order valence-electron chi connectivity index (χ1n) is 5.47. The number of rotatable bonds is 4. The Bertz CT molecular complexity index is 793. The number of benzene rings is 1. The number of hydrogen-bond donors (Lipinski definition) is 2. The van der Waals surface area contributed by atoms with Gasteiger partial charge in [0.1, 0.15) is 16.5 Å². The predicted molar refractivity (Wildman–Crippen MR) is 73.4 cm³/mol. The summed E-state index contributed by atoms with van der Waals surface area (Å²) in [6.45, 7) is 0. The van der Waals surface area contributed by atoms with Gasteiger partial charge in [-0.2, -0.15) is 0 Å². The summed E-state index contributed by atoms with van der Waals surface area (Å²) in [4.78, 5) is 14.0. The Morgan fingerprint density at radius 2 is 2.00 bits per heavy atom. The van der Waals surface area contributed by atoms with Crippen molar-refractivity contribution in [3.8, 4) is 0 Å². The lowest BCUT2D eigenvalue weighted by molar-refractivity contribution is 0.0696. The molecule has 21 heavy (non-hydrogen) atoms. The van der Waals surface area contributed by atoms with Crippen molar-refractivity contribution in [2.45, 2.75) is 4.90 Å². The zero-order chi connectivity index (χ0) is 15.6. The first-order chi connectivity index (χ1) is 9.79. The van der Waals surface area contributed by atoms with Crippen molar-refractivity contribution < 1.29 is 22.7 Å². The lowest BCUT2D eigenvalue weighted by atomic mass is 10.2. The quantitative estimate of drug-likeness (QED) is 0.897. The molecular weight excluding hydrogens is 323 g/mol. The Labute approximate surface area is 124 Å². The van der Waals surface area contributed by atoms with Crippen molar-refractivity contribution in [3.05, 3.63) is 52.9 Å². The molecule has 0 unspecified atom stereocenters. The number of anilines is 1. The van der Waals surface area contributed by atoms with Crippen LogP contribution in [-0.4, -0.2) is 24.5 Å². The average Bonchev–Trinajstić information content (AvgIpc) is 2.41. The number of aromatic nitrogens is 1. The van der Waals surface area contributed by atoms with Crippen LogP contribution in [0.5, 0.6) is 0 Å². The average molecular weight is 331 g/mol. The molecule has 1 heterocycles. The lowest BCUT2D eigenvalue weighted by Gasteiger charge is -2.09. The van der Waals surface area contributed by atoms with Gasteiger partial charge in [0.05, 0.1) is 16.8 Å². The van der Waals surface area contributed by atoms with Crippen molar-refractivity contribution in [1.29, 1.82) is 0 Å². The normalized spacial score (nSPS) is 11.1. The van der Waals surface area contributed by atoms with Gasteiger partial charge < -0.3 is 5.11 Å². The number of carboxylic acids is 1. The fourth-order valence-corrected chi connectivity index (χ4v) is 3.01. The maximum absolute atomic E-state index is 12.7. The third kappa shape index (κ3) is 3.47. The van der Waals surface area contributed by atoms with Gasteiger partial charge >= 0.3 is 5.97 Å². The molecule has 0 atom stereocenters. The minimum absolute atomic E-state index is 0.117. The molecule has 0 saturated carbocycles. The van der Waals surface area contributed by atoms with Crippen molar-refractivity contribution >= 4 is 33.4 Å². The number of aromatic carboxylic acids is 1. The van der Waals surface area contributed by atoms with Crippen LogP contribution in [0.3, 0.4) is 0 Å². The van der Waals surface area contributed by atoms with Crippen molar-refractivity contribution in [1.82, 2.24) is 4.98 Å². The number of carbonyl (C=O) groups is 1. The van der Waals surface area contributed by atoms with Gasteiger partial charge in [0.2, 0.25) is 0 Å². The van der Waals surface area contributed by atoms with Gasteiger partial charge in [0.25, 0.3) is 10.0 Å². The Morgan fingerprint density at radius 1 is 1.29 bits per heavy atom. The zero-order valence-corrected chi connectivity index (χ0v) is 11.8. The third-order valence-corrected chi connectivity index (χ3v) is 4.27. The lowest BCUT2D eigenvalue weighted by Crippen LogP contribution is -2.15. The fraction of sp³-hybridized carbons (Fsp3) is 0. The van der Waals surface area contributed by atoms with Gasteiger partial charge in [-0.3, -0.25) is 4.72 Å². The maximum atomic E-state index is 12.7. The summed E-state index contributed by atoms with van der Waals surface area (Å²) in [5, 5.41) is 8.73. The molecule has 9 heteroatoms. The Kier molecular flexibility index (Phi) is 4.10. The van der Waals surface area contributed by atoms with Crippen molar-refractivity contribution in [2.75, 3.05) is 4.72 Å². The first-order valence-corrected chi connectivity index (χ1v) is 7.33. The molecule has 2 rings (SSSR count). The molecule has 1 aromatic carbocycles. The highest BCUT2D eigenvalue weighted by molar-refractivity contribution is 7.92. The molecule has 0 fully saturated rings. The number of hydrogen-bond acceptors (Lipinski definition) is 4. The van der Waals surface area contributed by atoms with Gasteiger partial charge in [-0.1, -0.05) is 11.6 Å². The number of pyridine rings is 1. The Balaban J connectivity index is 2.41. The molecule has 0 amide bonds. The number of nitrogens with one attached hydrogen (secondary N) is 1. The van der Waals surface area contributed by atoms with Gasteiger partial charge in [-0.25, -0.2) is 22.6 Å². The number of carboxylic acid groups (broad SMARTS) is 1. The molecular formula is C12H8ClFN2O4S. The van der Waals surface area contributed by atoms with Crippen LogP contribution >= 0.6 is 11.6 Å². The molecule has 0 spiro atoms. The highest BCUT2D eigenvalue weighted by Gasteiger charge is 2.20. The summed E-state index contributed by atoms with van der Waals surface area (Å²) in [6, 6.07) is 5.43. The van der Waals surface area contributed by atoms with Gasteiger partial charge in [-0.15, -0.1) is 0 Å².